The average Bonchev–Trinajstić information content (AvgIpc) is 2.30. The number of aryl methyl sites for hydroxylation is 1. The van der Waals surface area contributed by atoms with Gasteiger partial charge in [-0.1, -0.05) is 30.3 Å². The van der Waals surface area contributed by atoms with Gasteiger partial charge in [0, 0.05) is 6.42 Å². The summed E-state index contributed by atoms with van der Waals surface area (Å²) in [5, 5.41) is 10.7. The summed E-state index contributed by atoms with van der Waals surface area (Å²) in [5.74, 6) is -1.57. The number of rotatable bonds is 6. The summed E-state index contributed by atoms with van der Waals surface area (Å²) in [6.07, 6.45) is 0.411. The Morgan fingerprint density at radius 1 is 1.29 bits per heavy atom. The van der Waals surface area contributed by atoms with Crippen LogP contribution in [0.3, 0.4) is 0 Å². The van der Waals surface area contributed by atoms with Gasteiger partial charge < -0.3 is 16.2 Å². The summed E-state index contributed by atoms with van der Waals surface area (Å²) in [7, 11) is 0. The average molecular weight is 236 g/mol. The first-order valence-electron chi connectivity index (χ1n) is 5.41. The highest BCUT2D eigenvalue weighted by atomic mass is 16.4. The van der Waals surface area contributed by atoms with Gasteiger partial charge in [-0.3, -0.25) is 4.79 Å². The Balaban J connectivity index is 2.23. The SMILES string of the molecule is N[C@H](NC(=O)CCCc1ccccc1)C(=O)O. The van der Waals surface area contributed by atoms with Crippen molar-refractivity contribution < 1.29 is 14.7 Å². The van der Waals surface area contributed by atoms with Crippen LogP contribution in [0.15, 0.2) is 30.3 Å². The molecule has 1 amide bonds. The Kier molecular flexibility index (Phi) is 5.16. The second kappa shape index (κ2) is 6.65. The molecule has 5 nitrogen and oxygen atoms in total. The molecule has 92 valence electrons. The predicted molar refractivity (Wildman–Crippen MR) is 63.1 cm³/mol. The summed E-state index contributed by atoms with van der Waals surface area (Å²) in [4.78, 5) is 21.7. The van der Waals surface area contributed by atoms with Gasteiger partial charge in [0.15, 0.2) is 6.17 Å². The molecule has 0 aromatic heterocycles. The third kappa shape index (κ3) is 5.12. The first-order valence-corrected chi connectivity index (χ1v) is 5.41. The molecule has 0 saturated heterocycles. The summed E-state index contributed by atoms with van der Waals surface area (Å²) in [5.41, 5.74) is 6.32. The van der Waals surface area contributed by atoms with Gasteiger partial charge in [0.1, 0.15) is 0 Å². The normalized spacial score (nSPS) is 11.8. The summed E-state index contributed by atoms with van der Waals surface area (Å²) >= 11 is 0. The van der Waals surface area contributed by atoms with Crippen molar-refractivity contribution >= 4 is 11.9 Å². The van der Waals surface area contributed by atoms with Gasteiger partial charge in [0.05, 0.1) is 0 Å². The van der Waals surface area contributed by atoms with E-state index in [1.165, 1.54) is 0 Å². The molecule has 1 aromatic rings. The standard InChI is InChI=1S/C12H16N2O3/c13-11(12(16)17)14-10(15)8-4-7-9-5-2-1-3-6-9/h1-3,5-6,11H,4,7-8,13H2,(H,14,15)(H,16,17)/t11-/m1/s1. The van der Waals surface area contributed by atoms with Crippen molar-refractivity contribution in [1.29, 1.82) is 0 Å². The van der Waals surface area contributed by atoms with Crippen LogP contribution in [0, 0.1) is 0 Å². The molecule has 0 aliphatic heterocycles. The molecule has 5 heteroatoms. The Labute approximate surface area is 99.6 Å². The minimum Gasteiger partial charge on any atom is -0.479 e. The van der Waals surface area contributed by atoms with Crippen LogP contribution < -0.4 is 11.1 Å². The number of carboxylic acids is 1. The maximum absolute atomic E-state index is 11.3. The molecule has 0 aliphatic carbocycles. The Bertz CT molecular complexity index is 379. The monoisotopic (exact) mass is 236 g/mol. The molecule has 1 atom stereocenters. The third-order valence-corrected chi connectivity index (χ3v) is 2.29. The van der Waals surface area contributed by atoms with Crippen molar-refractivity contribution in [3.05, 3.63) is 35.9 Å². The fourth-order valence-electron chi connectivity index (χ4n) is 1.41. The van der Waals surface area contributed by atoms with E-state index in [-0.39, 0.29) is 12.3 Å². The zero-order chi connectivity index (χ0) is 12.7. The largest absolute Gasteiger partial charge is 0.479 e. The molecule has 0 spiro atoms. The van der Waals surface area contributed by atoms with E-state index in [9.17, 15) is 9.59 Å². The minimum atomic E-state index is -1.32. The van der Waals surface area contributed by atoms with Gasteiger partial charge in [-0.15, -0.1) is 0 Å². The molecule has 1 aromatic carbocycles. The van der Waals surface area contributed by atoms with Crippen molar-refractivity contribution in [3.8, 4) is 0 Å². The van der Waals surface area contributed by atoms with Crippen LogP contribution in [0.25, 0.3) is 0 Å². The Morgan fingerprint density at radius 2 is 1.94 bits per heavy atom. The molecular formula is C12H16N2O3. The van der Waals surface area contributed by atoms with E-state index in [1.807, 2.05) is 30.3 Å². The number of carbonyl (C=O) groups is 2. The molecule has 0 fully saturated rings. The first kappa shape index (κ1) is 13.2. The fraction of sp³-hybridized carbons (Fsp3) is 0.333. The Morgan fingerprint density at radius 3 is 2.53 bits per heavy atom. The minimum absolute atomic E-state index is 0.274. The summed E-state index contributed by atoms with van der Waals surface area (Å²) < 4.78 is 0. The highest BCUT2D eigenvalue weighted by Crippen LogP contribution is 2.04. The van der Waals surface area contributed by atoms with Crippen molar-refractivity contribution in [2.24, 2.45) is 5.73 Å². The van der Waals surface area contributed by atoms with Crippen LogP contribution in [0.4, 0.5) is 0 Å². The van der Waals surface area contributed by atoms with Gasteiger partial charge in [0.25, 0.3) is 0 Å². The van der Waals surface area contributed by atoms with Crippen LogP contribution in [0.1, 0.15) is 18.4 Å². The van der Waals surface area contributed by atoms with E-state index in [1.54, 1.807) is 0 Å². The fourth-order valence-corrected chi connectivity index (χ4v) is 1.41. The van der Waals surface area contributed by atoms with Crippen LogP contribution in [0.5, 0.6) is 0 Å². The van der Waals surface area contributed by atoms with Gasteiger partial charge in [-0.25, -0.2) is 4.79 Å². The smallest absolute Gasteiger partial charge is 0.341 e. The van der Waals surface area contributed by atoms with Crippen LogP contribution in [-0.4, -0.2) is 23.1 Å². The summed E-state index contributed by atoms with van der Waals surface area (Å²) in [6.45, 7) is 0. The van der Waals surface area contributed by atoms with Gasteiger partial charge in [0.2, 0.25) is 5.91 Å². The first-order chi connectivity index (χ1) is 8.09. The molecule has 0 bridgehead atoms. The number of carboxylic acid groups (broad SMARTS) is 1. The van der Waals surface area contributed by atoms with E-state index in [0.29, 0.717) is 6.42 Å². The zero-order valence-electron chi connectivity index (χ0n) is 9.43. The highest BCUT2D eigenvalue weighted by Gasteiger charge is 2.13. The topological polar surface area (TPSA) is 92.4 Å². The Hall–Kier alpha value is -1.88. The molecule has 0 heterocycles. The lowest BCUT2D eigenvalue weighted by Gasteiger charge is -2.08. The van der Waals surface area contributed by atoms with Crippen molar-refractivity contribution in [2.75, 3.05) is 0 Å². The molecule has 4 N–H and O–H groups in total. The van der Waals surface area contributed by atoms with Crippen molar-refractivity contribution in [1.82, 2.24) is 5.32 Å². The lowest BCUT2D eigenvalue weighted by Crippen LogP contribution is -2.47. The summed E-state index contributed by atoms with van der Waals surface area (Å²) in [6, 6.07) is 9.79. The highest BCUT2D eigenvalue weighted by molar-refractivity contribution is 5.82. The molecule has 0 aliphatic rings. The second-order valence-electron chi connectivity index (χ2n) is 3.72. The lowest BCUT2D eigenvalue weighted by molar-refractivity contribution is -0.141. The maximum Gasteiger partial charge on any atom is 0.341 e. The van der Waals surface area contributed by atoms with Crippen molar-refractivity contribution in [2.45, 2.75) is 25.4 Å². The second-order valence-corrected chi connectivity index (χ2v) is 3.72. The van der Waals surface area contributed by atoms with E-state index in [0.717, 1.165) is 12.0 Å². The number of benzene rings is 1. The van der Waals surface area contributed by atoms with Gasteiger partial charge >= 0.3 is 5.97 Å². The van der Waals surface area contributed by atoms with Gasteiger partial charge in [-0.2, -0.15) is 0 Å². The lowest BCUT2D eigenvalue weighted by atomic mass is 10.1. The van der Waals surface area contributed by atoms with Crippen LogP contribution in [-0.2, 0) is 16.0 Å². The van der Waals surface area contributed by atoms with Crippen LogP contribution in [0.2, 0.25) is 0 Å². The van der Waals surface area contributed by atoms with E-state index < -0.39 is 12.1 Å². The number of carbonyl (C=O) groups excluding carboxylic acids is 1. The zero-order valence-corrected chi connectivity index (χ0v) is 9.43. The molecule has 17 heavy (non-hydrogen) atoms. The molecule has 1 rings (SSSR count). The van der Waals surface area contributed by atoms with E-state index >= 15 is 0 Å². The molecular weight excluding hydrogens is 220 g/mol. The maximum atomic E-state index is 11.3. The number of nitrogens with one attached hydrogen (secondary N) is 1. The molecule has 0 saturated carbocycles. The van der Waals surface area contributed by atoms with Crippen LogP contribution >= 0.6 is 0 Å². The van der Waals surface area contributed by atoms with E-state index in [2.05, 4.69) is 5.32 Å². The number of hydrogen-bond acceptors (Lipinski definition) is 3. The van der Waals surface area contributed by atoms with E-state index in [4.69, 9.17) is 10.8 Å². The number of amides is 1. The predicted octanol–water partition coefficient (Wildman–Crippen LogP) is 0.495. The number of aliphatic carboxylic acids is 1. The quantitative estimate of drug-likeness (QED) is 0.627. The number of hydrogen-bond donors (Lipinski definition) is 3. The van der Waals surface area contributed by atoms with Gasteiger partial charge in [-0.05, 0) is 18.4 Å². The number of nitrogens with two attached hydrogens (primary N) is 1. The van der Waals surface area contributed by atoms with Crippen molar-refractivity contribution in [3.63, 3.8) is 0 Å². The third-order valence-electron chi connectivity index (χ3n) is 2.29. The molecule has 0 radical (unpaired) electrons. The molecule has 0 unspecified atom stereocenters.